The summed E-state index contributed by atoms with van der Waals surface area (Å²) in [6, 6.07) is 29.0. The molecule has 7 nitrogen and oxygen atoms in total. The van der Waals surface area contributed by atoms with Gasteiger partial charge in [0.15, 0.2) is 0 Å². The highest BCUT2D eigenvalue weighted by atomic mass is 32.2. The molecule has 44 heavy (non-hydrogen) atoms. The smallest absolute Gasteiger partial charge is 0.240 e. The zero-order valence-electron chi connectivity index (χ0n) is 23.7. The Balaban J connectivity index is 1.50. The maximum Gasteiger partial charge on any atom is 0.240 e. The van der Waals surface area contributed by atoms with Gasteiger partial charge in [-0.2, -0.15) is 5.10 Å². The van der Waals surface area contributed by atoms with Crippen molar-refractivity contribution in [1.82, 2.24) is 15.1 Å². The van der Waals surface area contributed by atoms with Crippen LogP contribution in [0.2, 0.25) is 0 Å². The van der Waals surface area contributed by atoms with Gasteiger partial charge in [-0.15, -0.1) is 11.8 Å². The summed E-state index contributed by atoms with van der Waals surface area (Å²) in [4.78, 5) is 28.6. The number of hydrogen-bond acceptors (Lipinski definition) is 5. The van der Waals surface area contributed by atoms with E-state index in [-0.39, 0.29) is 30.6 Å². The first-order chi connectivity index (χ1) is 21.4. The van der Waals surface area contributed by atoms with Gasteiger partial charge in [-0.25, -0.2) is 13.5 Å². The molecule has 1 atom stereocenters. The van der Waals surface area contributed by atoms with Crippen LogP contribution in [0.1, 0.15) is 21.9 Å². The molecule has 0 spiro atoms. The number of hydrogen-bond donors (Lipinski definition) is 1. The second-order valence-electron chi connectivity index (χ2n) is 10.2. The highest BCUT2D eigenvalue weighted by Crippen LogP contribution is 2.49. The standard InChI is InChI=1S/C34H28F2N4O3S/c1-43-26-17-15-25(16-18-26)40-34-31(32(38-40)23-7-3-2-4-8-23)33(27-9-5-6-10-28(27)36)44-21-30(42)39(34)20-29(41)37-19-22-11-13-24(35)14-12-22/h2-18,33H,19-21H2,1H3,(H,37,41). The van der Waals surface area contributed by atoms with Crippen molar-refractivity contribution in [3.05, 3.63) is 131 Å². The Bertz CT molecular complexity index is 1790. The lowest BCUT2D eigenvalue weighted by atomic mass is 9.99. The molecule has 10 heteroatoms. The van der Waals surface area contributed by atoms with Gasteiger partial charge < -0.3 is 10.1 Å². The fourth-order valence-corrected chi connectivity index (χ4v) is 6.39. The van der Waals surface area contributed by atoms with E-state index in [9.17, 15) is 14.0 Å². The number of fused-ring (bicyclic) bond motifs is 1. The number of rotatable bonds is 8. The molecule has 222 valence electrons. The number of benzene rings is 4. The van der Waals surface area contributed by atoms with Crippen molar-refractivity contribution in [3.8, 4) is 22.7 Å². The zero-order valence-corrected chi connectivity index (χ0v) is 24.6. The van der Waals surface area contributed by atoms with Gasteiger partial charge >= 0.3 is 0 Å². The number of carbonyl (C=O) groups is 2. The van der Waals surface area contributed by atoms with Gasteiger partial charge in [0.2, 0.25) is 11.8 Å². The molecule has 0 aliphatic carbocycles. The van der Waals surface area contributed by atoms with Gasteiger partial charge in [0.1, 0.15) is 29.7 Å². The van der Waals surface area contributed by atoms with Crippen LogP contribution in [-0.4, -0.2) is 41.0 Å². The van der Waals surface area contributed by atoms with E-state index < -0.39 is 17.0 Å². The minimum Gasteiger partial charge on any atom is -0.497 e. The van der Waals surface area contributed by atoms with Crippen LogP contribution in [-0.2, 0) is 16.1 Å². The van der Waals surface area contributed by atoms with Crippen molar-refractivity contribution in [1.29, 1.82) is 0 Å². The van der Waals surface area contributed by atoms with Crippen molar-refractivity contribution >= 4 is 29.4 Å². The highest BCUT2D eigenvalue weighted by molar-refractivity contribution is 8.00. The average molecular weight is 611 g/mol. The number of halogens is 2. The molecule has 1 aliphatic rings. The van der Waals surface area contributed by atoms with Gasteiger partial charge in [0.25, 0.3) is 0 Å². The predicted octanol–water partition coefficient (Wildman–Crippen LogP) is 6.31. The van der Waals surface area contributed by atoms with Crippen LogP contribution in [0, 0.1) is 11.6 Å². The van der Waals surface area contributed by atoms with Crippen LogP contribution < -0.4 is 15.0 Å². The topological polar surface area (TPSA) is 76.5 Å². The Labute approximate surface area is 257 Å². The maximum atomic E-state index is 15.4. The molecule has 1 N–H and O–H groups in total. The molecule has 1 unspecified atom stereocenters. The van der Waals surface area contributed by atoms with E-state index in [0.717, 1.165) is 5.56 Å². The summed E-state index contributed by atoms with van der Waals surface area (Å²) in [7, 11) is 1.57. The minimum atomic E-state index is -0.593. The summed E-state index contributed by atoms with van der Waals surface area (Å²) in [5.41, 5.74) is 3.75. The van der Waals surface area contributed by atoms with E-state index in [1.807, 2.05) is 42.5 Å². The first-order valence-electron chi connectivity index (χ1n) is 13.9. The van der Waals surface area contributed by atoms with Crippen LogP contribution in [0.15, 0.2) is 103 Å². The quantitative estimate of drug-likeness (QED) is 0.223. The van der Waals surface area contributed by atoms with Crippen LogP contribution in [0.25, 0.3) is 16.9 Å². The van der Waals surface area contributed by atoms with Crippen LogP contribution in [0.5, 0.6) is 5.75 Å². The molecule has 0 radical (unpaired) electrons. The lowest BCUT2D eigenvalue weighted by molar-refractivity contribution is -0.123. The molecule has 0 fully saturated rings. The van der Waals surface area contributed by atoms with E-state index >= 15 is 4.39 Å². The van der Waals surface area contributed by atoms with E-state index in [1.165, 1.54) is 34.9 Å². The van der Waals surface area contributed by atoms with Crippen LogP contribution >= 0.6 is 11.8 Å². The molecule has 0 bridgehead atoms. The Morgan fingerprint density at radius 3 is 2.36 bits per heavy atom. The van der Waals surface area contributed by atoms with Gasteiger partial charge in [0, 0.05) is 23.2 Å². The molecular formula is C34H28F2N4O3S. The molecule has 2 heterocycles. The fraction of sp³-hybridized carbons (Fsp3) is 0.147. The Morgan fingerprint density at radius 1 is 0.955 bits per heavy atom. The van der Waals surface area contributed by atoms with Crippen LogP contribution in [0.3, 0.4) is 0 Å². The Kier molecular flexibility index (Phi) is 8.42. The fourth-order valence-electron chi connectivity index (χ4n) is 5.17. The third-order valence-electron chi connectivity index (χ3n) is 7.35. The number of nitrogens with one attached hydrogen (secondary N) is 1. The van der Waals surface area contributed by atoms with E-state index in [2.05, 4.69) is 5.32 Å². The van der Waals surface area contributed by atoms with Crippen molar-refractivity contribution in [2.45, 2.75) is 11.8 Å². The normalized spacial score (nSPS) is 14.6. The molecule has 0 saturated heterocycles. The third-order valence-corrected chi connectivity index (χ3v) is 8.58. The van der Waals surface area contributed by atoms with E-state index in [1.54, 1.807) is 54.3 Å². The summed E-state index contributed by atoms with van der Waals surface area (Å²) in [5, 5.41) is 7.25. The largest absolute Gasteiger partial charge is 0.497 e. The molecule has 4 aromatic carbocycles. The highest BCUT2D eigenvalue weighted by Gasteiger charge is 2.38. The second-order valence-corrected chi connectivity index (χ2v) is 11.3. The Hall–Kier alpha value is -4.96. The van der Waals surface area contributed by atoms with Crippen molar-refractivity contribution in [2.75, 3.05) is 24.3 Å². The monoisotopic (exact) mass is 610 g/mol. The minimum absolute atomic E-state index is 0.00969. The SMILES string of the molecule is COc1ccc(-n2nc(-c3ccccc3)c3c2N(CC(=O)NCc2ccc(F)cc2)C(=O)CSC3c2ccccc2F)cc1. The molecule has 5 aromatic rings. The predicted molar refractivity (Wildman–Crippen MR) is 167 cm³/mol. The first kappa shape index (κ1) is 29.1. The van der Waals surface area contributed by atoms with Crippen molar-refractivity contribution in [3.63, 3.8) is 0 Å². The summed E-state index contributed by atoms with van der Waals surface area (Å²) >= 11 is 1.30. The molecule has 1 aliphatic heterocycles. The van der Waals surface area contributed by atoms with Gasteiger partial charge in [-0.05, 0) is 48.0 Å². The van der Waals surface area contributed by atoms with Crippen molar-refractivity contribution in [2.24, 2.45) is 0 Å². The summed E-state index contributed by atoms with van der Waals surface area (Å²) < 4.78 is 35.8. The van der Waals surface area contributed by atoms with Gasteiger partial charge in [0.05, 0.1) is 29.5 Å². The summed E-state index contributed by atoms with van der Waals surface area (Å²) in [6.07, 6.45) is 0. The lowest BCUT2D eigenvalue weighted by Crippen LogP contribution is -2.42. The van der Waals surface area contributed by atoms with Crippen LogP contribution in [0.4, 0.5) is 14.6 Å². The number of thioether (sulfide) groups is 1. The molecule has 1 aromatic heterocycles. The molecule has 0 saturated carbocycles. The first-order valence-corrected chi connectivity index (χ1v) is 15.0. The number of methoxy groups -OCH3 is 1. The number of amides is 2. The van der Waals surface area contributed by atoms with E-state index in [4.69, 9.17) is 9.84 Å². The van der Waals surface area contributed by atoms with E-state index in [0.29, 0.717) is 39.6 Å². The van der Waals surface area contributed by atoms with Crippen molar-refractivity contribution < 1.29 is 23.1 Å². The Morgan fingerprint density at radius 2 is 1.66 bits per heavy atom. The number of nitrogens with zero attached hydrogens (tertiary/aromatic N) is 3. The number of ether oxygens (including phenoxy) is 1. The summed E-state index contributed by atoms with van der Waals surface area (Å²) in [6.45, 7) is -0.138. The zero-order chi connectivity index (χ0) is 30.6. The molecule has 2 amide bonds. The molecule has 6 rings (SSSR count). The summed E-state index contributed by atoms with van der Waals surface area (Å²) in [5.74, 6) is -0.461. The number of carbonyl (C=O) groups excluding carboxylic acids is 2. The maximum absolute atomic E-state index is 15.4. The molecular weight excluding hydrogens is 582 g/mol. The van der Waals surface area contributed by atoms with Gasteiger partial charge in [-0.1, -0.05) is 60.7 Å². The number of anilines is 1. The van der Waals surface area contributed by atoms with Gasteiger partial charge in [-0.3, -0.25) is 14.5 Å². The second kappa shape index (κ2) is 12.7. The lowest BCUT2D eigenvalue weighted by Gasteiger charge is -2.23. The number of aromatic nitrogens is 2. The third kappa shape index (κ3) is 5.93. The average Bonchev–Trinajstić information content (AvgIpc) is 3.38.